The number of benzene rings is 2. The maximum Gasteiger partial charge on any atom is 0.119 e. The smallest absolute Gasteiger partial charge is 0.119 e. The normalized spacial score (nSPS) is 21.8. The van der Waals surface area contributed by atoms with E-state index in [4.69, 9.17) is 4.74 Å². The Kier molecular flexibility index (Phi) is 4.53. The summed E-state index contributed by atoms with van der Waals surface area (Å²) in [5.74, 6) is 1.30. The lowest BCUT2D eigenvalue weighted by atomic mass is 9.89. The molecule has 0 amide bonds. The van der Waals surface area contributed by atoms with Gasteiger partial charge in [0.1, 0.15) is 5.75 Å². The molecule has 2 atom stereocenters. The predicted octanol–water partition coefficient (Wildman–Crippen LogP) is 2.56. The highest BCUT2D eigenvalue weighted by molar-refractivity contribution is 5.21. The van der Waals surface area contributed by atoms with Crippen molar-refractivity contribution >= 4 is 0 Å². The van der Waals surface area contributed by atoms with Crippen LogP contribution in [0.5, 0.6) is 5.75 Å². The molecular formula is C18H21NO2. The lowest BCUT2D eigenvalue weighted by molar-refractivity contribution is -0.0450. The summed E-state index contributed by atoms with van der Waals surface area (Å²) >= 11 is 0. The van der Waals surface area contributed by atoms with Gasteiger partial charge in [0.15, 0.2) is 0 Å². The van der Waals surface area contributed by atoms with E-state index in [9.17, 15) is 5.11 Å². The minimum absolute atomic E-state index is 0.190. The summed E-state index contributed by atoms with van der Waals surface area (Å²) in [4.78, 5) is 2.31. The van der Waals surface area contributed by atoms with E-state index in [0.29, 0.717) is 12.5 Å². The average Bonchev–Trinajstić information content (AvgIpc) is 2.52. The number of aliphatic hydroxyl groups excluding tert-OH is 1. The Hall–Kier alpha value is -1.84. The van der Waals surface area contributed by atoms with Crippen LogP contribution < -0.4 is 4.74 Å². The second kappa shape index (κ2) is 6.74. The van der Waals surface area contributed by atoms with Gasteiger partial charge >= 0.3 is 0 Å². The summed E-state index contributed by atoms with van der Waals surface area (Å²) < 4.78 is 5.80. The summed E-state index contributed by atoms with van der Waals surface area (Å²) in [5, 5.41) is 9.60. The zero-order chi connectivity index (χ0) is 14.5. The highest BCUT2D eigenvalue weighted by Gasteiger charge is 2.38. The fourth-order valence-corrected chi connectivity index (χ4v) is 2.87. The SMILES string of the molecule is OC[C@@H]1[C@@H](COc2ccccc2)CN1Cc1ccccc1. The first-order valence-electron chi connectivity index (χ1n) is 7.43. The van der Waals surface area contributed by atoms with Gasteiger partial charge in [-0.1, -0.05) is 48.5 Å². The van der Waals surface area contributed by atoms with Crippen LogP contribution >= 0.6 is 0 Å². The molecule has 1 heterocycles. The van der Waals surface area contributed by atoms with Crippen molar-refractivity contribution < 1.29 is 9.84 Å². The van der Waals surface area contributed by atoms with E-state index in [1.807, 2.05) is 36.4 Å². The molecule has 0 aliphatic carbocycles. The number of likely N-dealkylation sites (tertiary alicyclic amines) is 1. The topological polar surface area (TPSA) is 32.7 Å². The third-order valence-corrected chi connectivity index (χ3v) is 4.11. The molecule has 3 heteroatoms. The second-order valence-electron chi connectivity index (χ2n) is 5.55. The standard InChI is InChI=1S/C18H21NO2/c20-13-18-16(14-21-17-9-5-2-6-10-17)12-19(18)11-15-7-3-1-4-8-15/h1-10,16,18,20H,11-14H2/t16-,18-/m1/s1. The third kappa shape index (κ3) is 3.43. The molecule has 3 rings (SSSR count). The first-order valence-corrected chi connectivity index (χ1v) is 7.43. The Morgan fingerprint density at radius 1 is 1.00 bits per heavy atom. The van der Waals surface area contributed by atoms with E-state index in [1.54, 1.807) is 0 Å². The van der Waals surface area contributed by atoms with Crippen LogP contribution in [0.1, 0.15) is 5.56 Å². The summed E-state index contributed by atoms with van der Waals surface area (Å²) in [5.41, 5.74) is 1.29. The number of hydrogen-bond acceptors (Lipinski definition) is 3. The van der Waals surface area contributed by atoms with Gasteiger partial charge in [0, 0.05) is 25.0 Å². The fraction of sp³-hybridized carbons (Fsp3) is 0.333. The average molecular weight is 283 g/mol. The van der Waals surface area contributed by atoms with Gasteiger partial charge in [0.25, 0.3) is 0 Å². The molecule has 0 saturated carbocycles. The van der Waals surface area contributed by atoms with E-state index in [-0.39, 0.29) is 12.6 Å². The van der Waals surface area contributed by atoms with E-state index in [1.165, 1.54) is 5.56 Å². The number of ether oxygens (including phenoxy) is 1. The third-order valence-electron chi connectivity index (χ3n) is 4.11. The van der Waals surface area contributed by atoms with Gasteiger partial charge in [-0.3, -0.25) is 4.90 Å². The Balaban J connectivity index is 1.51. The van der Waals surface area contributed by atoms with Crippen molar-refractivity contribution in [3.05, 3.63) is 66.2 Å². The van der Waals surface area contributed by atoms with Crippen LogP contribution in [-0.4, -0.2) is 35.8 Å². The minimum Gasteiger partial charge on any atom is -0.493 e. The van der Waals surface area contributed by atoms with Gasteiger partial charge in [-0.05, 0) is 17.7 Å². The van der Waals surface area contributed by atoms with Crippen LogP contribution in [0.3, 0.4) is 0 Å². The van der Waals surface area contributed by atoms with Crippen molar-refractivity contribution in [1.82, 2.24) is 4.90 Å². The molecule has 3 nitrogen and oxygen atoms in total. The van der Waals surface area contributed by atoms with Crippen molar-refractivity contribution in [2.75, 3.05) is 19.8 Å². The molecule has 0 radical (unpaired) electrons. The van der Waals surface area contributed by atoms with E-state index in [0.717, 1.165) is 18.8 Å². The van der Waals surface area contributed by atoms with Gasteiger partial charge < -0.3 is 9.84 Å². The molecule has 0 spiro atoms. The lowest BCUT2D eigenvalue weighted by Crippen LogP contribution is -2.59. The molecule has 0 bridgehead atoms. The fourth-order valence-electron chi connectivity index (χ4n) is 2.87. The molecule has 2 aromatic rings. The largest absolute Gasteiger partial charge is 0.493 e. The summed E-state index contributed by atoms with van der Waals surface area (Å²) in [6.45, 7) is 2.73. The molecular weight excluding hydrogens is 262 g/mol. The molecule has 1 N–H and O–H groups in total. The van der Waals surface area contributed by atoms with Gasteiger partial charge in [0.05, 0.1) is 13.2 Å². The minimum atomic E-state index is 0.190. The highest BCUT2D eigenvalue weighted by atomic mass is 16.5. The van der Waals surface area contributed by atoms with E-state index in [2.05, 4.69) is 29.2 Å². The lowest BCUT2D eigenvalue weighted by Gasteiger charge is -2.47. The quantitative estimate of drug-likeness (QED) is 0.884. The Labute approximate surface area is 125 Å². The summed E-state index contributed by atoms with van der Waals surface area (Å²) in [7, 11) is 0. The number of para-hydroxylation sites is 1. The Morgan fingerprint density at radius 3 is 2.33 bits per heavy atom. The predicted molar refractivity (Wildman–Crippen MR) is 83.2 cm³/mol. The van der Waals surface area contributed by atoms with Crippen molar-refractivity contribution in [3.8, 4) is 5.75 Å². The molecule has 1 aliphatic heterocycles. The van der Waals surface area contributed by atoms with Crippen molar-refractivity contribution in [2.45, 2.75) is 12.6 Å². The zero-order valence-corrected chi connectivity index (χ0v) is 12.1. The van der Waals surface area contributed by atoms with Crippen LogP contribution in [-0.2, 0) is 6.54 Å². The summed E-state index contributed by atoms with van der Waals surface area (Å²) in [6, 6.07) is 20.5. The number of nitrogens with zero attached hydrogens (tertiary/aromatic N) is 1. The van der Waals surface area contributed by atoms with Crippen LogP contribution in [0.2, 0.25) is 0 Å². The number of aliphatic hydroxyl groups is 1. The molecule has 1 saturated heterocycles. The van der Waals surface area contributed by atoms with E-state index < -0.39 is 0 Å². The van der Waals surface area contributed by atoms with E-state index >= 15 is 0 Å². The van der Waals surface area contributed by atoms with Gasteiger partial charge in [-0.15, -0.1) is 0 Å². The zero-order valence-electron chi connectivity index (χ0n) is 12.1. The molecule has 2 aromatic carbocycles. The number of hydrogen-bond donors (Lipinski definition) is 1. The Bertz CT molecular complexity index is 544. The molecule has 0 aromatic heterocycles. The summed E-state index contributed by atoms with van der Waals surface area (Å²) in [6.07, 6.45) is 0. The second-order valence-corrected chi connectivity index (χ2v) is 5.55. The molecule has 110 valence electrons. The monoisotopic (exact) mass is 283 g/mol. The number of rotatable bonds is 6. The van der Waals surface area contributed by atoms with Crippen molar-refractivity contribution in [2.24, 2.45) is 5.92 Å². The highest BCUT2D eigenvalue weighted by Crippen LogP contribution is 2.27. The first kappa shape index (κ1) is 14.1. The van der Waals surface area contributed by atoms with Crippen LogP contribution in [0, 0.1) is 5.92 Å². The Morgan fingerprint density at radius 2 is 1.67 bits per heavy atom. The van der Waals surface area contributed by atoms with Gasteiger partial charge in [-0.2, -0.15) is 0 Å². The van der Waals surface area contributed by atoms with Crippen molar-refractivity contribution in [1.29, 1.82) is 0 Å². The maximum atomic E-state index is 9.60. The maximum absolute atomic E-state index is 9.60. The molecule has 1 fully saturated rings. The van der Waals surface area contributed by atoms with Crippen LogP contribution in [0.15, 0.2) is 60.7 Å². The van der Waals surface area contributed by atoms with Gasteiger partial charge in [0.2, 0.25) is 0 Å². The van der Waals surface area contributed by atoms with Crippen LogP contribution in [0.25, 0.3) is 0 Å². The van der Waals surface area contributed by atoms with Crippen LogP contribution in [0.4, 0.5) is 0 Å². The molecule has 1 aliphatic rings. The van der Waals surface area contributed by atoms with Crippen molar-refractivity contribution in [3.63, 3.8) is 0 Å². The van der Waals surface area contributed by atoms with Gasteiger partial charge in [-0.25, -0.2) is 0 Å². The molecule has 0 unspecified atom stereocenters. The first-order chi connectivity index (χ1) is 10.4. The molecule has 21 heavy (non-hydrogen) atoms.